The second kappa shape index (κ2) is 6.34. The summed E-state index contributed by atoms with van der Waals surface area (Å²) in [5.41, 5.74) is 0.994. The second-order valence-electron chi connectivity index (χ2n) is 3.86. The molecule has 1 aromatic heterocycles. The maximum atomic E-state index is 11.4. The number of hydrogen-bond donors (Lipinski definition) is 2. The van der Waals surface area contributed by atoms with Gasteiger partial charge in [-0.1, -0.05) is 0 Å². The van der Waals surface area contributed by atoms with E-state index in [0.29, 0.717) is 12.8 Å². The van der Waals surface area contributed by atoms with E-state index in [9.17, 15) is 9.59 Å². The molecule has 0 aromatic carbocycles. The largest absolute Gasteiger partial charge is 0.480 e. The van der Waals surface area contributed by atoms with Crippen LogP contribution in [0.5, 0.6) is 0 Å². The molecule has 0 bridgehead atoms. The summed E-state index contributed by atoms with van der Waals surface area (Å²) >= 11 is 1.58. The minimum atomic E-state index is -1.02. The molecule has 2 N–H and O–H groups in total. The van der Waals surface area contributed by atoms with Crippen LogP contribution in [0.25, 0.3) is 0 Å². The van der Waals surface area contributed by atoms with E-state index in [1.165, 1.54) is 6.92 Å². The number of thiazole rings is 1. The van der Waals surface area contributed by atoms with Gasteiger partial charge in [-0.2, -0.15) is 0 Å². The fourth-order valence-corrected chi connectivity index (χ4v) is 2.11. The Morgan fingerprint density at radius 3 is 2.82 bits per heavy atom. The first-order chi connectivity index (χ1) is 7.99. The van der Waals surface area contributed by atoms with Gasteiger partial charge >= 0.3 is 5.97 Å². The molecule has 6 heteroatoms. The summed E-state index contributed by atoms with van der Waals surface area (Å²) in [6.45, 7) is 3.38. The molecule has 1 heterocycles. The molecule has 0 aliphatic heterocycles. The van der Waals surface area contributed by atoms with Crippen molar-refractivity contribution in [2.75, 3.05) is 0 Å². The van der Waals surface area contributed by atoms with Crippen LogP contribution in [-0.2, 0) is 16.0 Å². The van der Waals surface area contributed by atoms with Crippen molar-refractivity contribution in [2.45, 2.75) is 39.2 Å². The van der Waals surface area contributed by atoms with Crippen molar-refractivity contribution in [3.63, 3.8) is 0 Å². The van der Waals surface area contributed by atoms with E-state index < -0.39 is 12.0 Å². The molecule has 0 saturated carbocycles. The number of carbonyl (C=O) groups excluding carboxylic acids is 1. The van der Waals surface area contributed by atoms with Gasteiger partial charge in [0.1, 0.15) is 6.04 Å². The molecular formula is C11H16N2O3S. The van der Waals surface area contributed by atoms with Gasteiger partial charge < -0.3 is 10.4 Å². The number of rotatable bonds is 6. The molecular weight excluding hydrogens is 240 g/mol. The third-order valence-electron chi connectivity index (χ3n) is 2.21. The lowest BCUT2D eigenvalue weighted by atomic mass is 10.2. The topological polar surface area (TPSA) is 79.3 Å². The number of hydrogen-bond acceptors (Lipinski definition) is 4. The SMILES string of the molecule is Cc1csc(CCCC(=O)N[C@H](C)C(=O)O)n1. The Morgan fingerprint density at radius 2 is 2.29 bits per heavy atom. The van der Waals surface area contributed by atoms with Crippen molar-refractivity contribution in [2.24, 2.45) is 0 Å². The quantitative estimate of drug-likeness (QED) is 0.805. The first-order valence-corrected chi connectivity index (χ1v) is 6.30. The van der Waals surface area contributed by atoms with E-state index in [1.807, 2.05) is 12.3 Å². The van der Waals surface area contributed by atoms with Crippen LogP contribution in [-0.4, -0.2) is 28.0 Å². The molecule has 1 rings (SSSR count). The zero-order valence-corrected chi connectivity index (χ0v) is 10.7. The normalized spacial score (nSPS) is 12.1. The summed E-state index contributed by atoms with van der Waals surface area (Å²) in [7, 11) is 0. The van der Waals surface area contributed by atoms with Gasteiger partial charge in [0.2, 0.25) is 5.91 Å². The van der Waals surface area contributed by atoms with Crippen molar-refractivity contribution in [1.82, 2.24) is 10.3 Å². The van der Waals surface area contributed by atoms with E-state index in [0.717, 1.165) is 17.1 Å². The van der Waals surface area contributed by atoms with Crippen molar-refractivity contribution < 1.29 is 14.7 Å². The average molecular weight is 256 g/mol. The number of aryl methyl sites for hydroxylation is 2. The molecule has 1 aromatic rings. The van der Waals surface area contributed by atoms with Crippen LogP contribution in [0.1, 0.15) is 30.5 Å². The maximum Gasteiger partial charge on any atom is 0.325 e. The van der Waals surface area contributed by atoms with E-state index in [-0.39, 0.29) is 5.91 Å². The van der Waals surface area contributed by atoms with Crippen LogP contribution in [0.15, 0.2) is 5.38 Å². The van der Waals surface area contributed by atoms with E-state index in [2.05, 4.69) is 10.3 Å². The number of aliphatic carboxylic acids is 1. The number of carboxylic acid groups (broad SMARTS) is 1. The highest BCUT2D eigenvalue weighted by Crippen LogP contribution is 2.11. The highest BCUT2D eigenvalue weighted by Gasteiger charge is 2.13. The van der Waals surface area contributed by atoms with Crippen molar-refractivity contribution in [1.29, 1.82) is 0 Å². The summed E-state index contributed by atoms with van der Waals surface area (Å²) in [6, 6.07) is -0.829. The number of amides is 1. The molecule has 17 heavy (non-hydrogen) atoms. The number of carboxylic acids is 1. The molecule has 0 spiro atoms. The lowest BCUT2D eigenvalue weighted by Gasteiger charge is -2.08. The molecule has 0 unspecified atom stereocenters. The van der Waals surface area contributed by atoms with Gasteiger partial charge in [-0.15, -0.1) is 11.3 Å². The minimum Gasteiger partial charge on any atom is -0.480 e. The Labute approximate surface area is 104 Å². The number of aromatic nitrogens is 1. The Bertz CT molecular complexity index is 403. The number of nitrogens with zero attached hydrogens (tertiary/aromatic N) is 1. The molecule has 0 saturated heterocycles. The van der Waals surface area contributed by atoms with E-state index in [4.69, 9.17) is 5.11 Å². The highest BCUT2D eigenvalue weighted by atomic mass is 32.1. The van der Waals surface area contributed by atoms with Crippen molar-refractivity contribution in [3.8, 4) is 0 Å². The predicted octanol–water partition coefficient (Wildman–Crippen LogP) is 1.36. The number of carbonyl (C=O) groups is 2. The predicted molar refractivity (Wildman–Crippen MR) is 65.0 cm³/mol. The molecule has 5 nitrogen and oxygen atoms in total. The molecule has 0 aliphatic rings. The van der Waals surface area contributed by atoms with Crippen LogP contribution >= 0.6 is 11.3 Å². The van der Waals surface area contributed by atoms with Gasteiger partial charge in [-0.25, -0.2) is 4.98 Å². The Hall–Kier alpha value is -1.43. The van der Waals surface area contributed by atoms with Gasteiger partial charge in [-0.3, -0.25) is 9.59 Å². The fourth-order valence-electron chi connectivity index (χ4n) is 1.29. The Balaban J connectivity index is 2.22. The standard InChI is InChI=1S/C11H16N2O3S/c1-7-6-17-10(12-7)5-3-4-9(14)13-8(2)11(15)16/h6,8H,3-5H2,1-2H3,(H,13,14)(H,15,16)/t8-/m1/s1. The van der Waals surface area contributed by atoms with Gasteiger partial charge in [-0.05, 0) is 26.7 Å². The van der Waals surface area contributed by atoms with Crippen LogP contribution in [0.2, 0.25) is 0 Å². The summed E-state index contributed by atoms with van der Waals surface area (Å²) < 4.78 is 0. The monoisotopic (exact) mass is 256 g/mol. The summed E-state index contributed by atoms with van der Waals surface area (Å²) in [5.74, 6) is -1.25. The minimum absolute atomic E-state index is 0.229. The smallest absolute Gasteiger partial charge is 0.325 e. The Kier molecular flexibility index (Phi) is 5.09. The summed E-state index contributed by atoms with van der Waals surface area (Å²) in [5, 5.41) is 14.0. The maximum absolute atomic E-state index is 11.4. The number of nitrogens with one attached hydrogen (secondary N) is 1. The molecule has 1 atom stereocenters. The van der Waals surface area contributed by atoms with Crippen LogP contribution in [0.4, 0.5) is 0 Å². The van der Waals surface area contributed by atoms with E-state index >= 15 is 0 Å². The third-order valence-corrected chi connectivity index (χ3v) is 3.24. The Morgan fingerprint density at radius 1 is 1.59 bits per heavy atom. The molecule has 0 fully saturated rings. The van der Waals surface area contributed by atoms with Gasteiger partial charge in [0.05, 0.1) is 5.01 Å². The van der Waals surface area contributed by atoms with Crippen LogP contribution in [0.3, 0.4) is 0 Å². The zero-order valence-electron chi connectivity index (χ0n) is 9.90. The summed E-state index contributed by atoms with van der Waals surface area (Å²) in [4.78, 5) is 26.2. The van der Waals surface area contributed by atoms with Gasteiger partial charge in [0.25, 0.3) is 0 Å². The third kappa shape index (κ3) is 4.95. The van der Waals surface area contributed by atoms with Gasteiger partial charge in [0.15, 0.2) is 0 Å². The average Bonchev–Trinajstić information content (AvgIpc) is 2.64. The van der Waals surface area contributed by atoms with Crippen LogP contribution in [0, 0.1) is 6.92 Å². The van der Waals surface area contributed by atoms with E-state index in [1.54, 1.807) is 11.3 Å². The lowest BCUT2D eigenvalue weighted by molar-refractivity contribution is -0.141. The van der Waals surface area contributed by atoms with Gasteiger partial charge in [0, 0.05) is 17.5 Å². The highest BCUT2D eigenvalue weighted by molar-refractivity contribution is 7.09. The fraction of sp³-hybridized carbons (Fsp3) is 0.545. The first kappa shape index (κ1) is 13.6. The first-order valence-electron chi connectivity index (χ1n) is 5.42. The summed E-state index contributed by atoms with van der Waals surface area (Å²) in [6.07, 6.45) is 1.77. The van der Waals surface area contributed by atoms with Crippen molar-refractivity contribution >= 4 is 23.2 Å². The zero-order chi connectivity index (χ0) is 12.8. The molecule has 94 valence electrons. The molecule has 1 amide bonds. The second-order valence-corrected chi connectivity index (χ2v) is 4.81. The van der Waals surface area contributed by atoms with Crippen LogP contribution < -0.4 is 5.32 Å². The molecule has 0 aliphatic carbocycles. The lowest BCUT2D eigenvalue weighted by Crippen LogP contribution is -2.38. The van der Waals surface area contributed by atoms with Crippen molar-refractivity contribution in [3.05, 3.63) is 16.1 Å². The molecule has 0 radical (unpaired) electrons.